The number of aliphatic hydroxyl groups excluding tert-OH is 1. The van der Waals surface area contributed by atoms with Crippen LogP contribution in [0.25, 0.3) is 0 Å². The van der Waals surface area contributed by atoms with Crippen LogP contribution in [0, 0.1) is 5.92 Å². The Kier molecular flexibility index (Phi) is 4.48. The van der Waals surface area contributed by atoms with Crippen molar-refractivity contribution >= 4 is 5.78 Å². The Morgan fingerprint density at radius 1 is 1.00 bits per heavy atom. The summed E-state index contributed by atoms with van der Waals surface area (Å²) in [5.41, 5.74) is 1.70. The fourth-order valence-electron chi connectivity index (χ4n) is 2.07. The summed E-state index contributed by atoms with van der Waals surface area (Å²) in [6.07, 6.45) is -0.157. The van der Waals surface area contributed by atoms with Crippen LogP contribution in [0.2, 0.25) is 0 Å². The van der Waals surface area contributed by atoms with Crippen molar-refractivity contribution in [3.05, 3.63) is 71.8 Å². The van der Waals surface area contributed by atoms with Crippen molar-refractivity contribution in [3.63, 3.8) is 0 Å². The molecule has 2 atom stereocenters. The van der Waals surface area contributed by atoms with E-state index < -0.39 is 12.0 Å². The van der Waals surface area contributed by atoms with Crippen LogP contribution in [-0.4, -0.2) is 17.0 Å². The molecule has 0 heterocycles. The van der Waals surface area contributed by atoms with Crippen molar-refractivity contribution in [2.75, 3.05) is 0 Å². The van der Waals surface area contributed by atoms with Gasteiger partial charge in [-0.05, 0) is 12.0 Å². The quantitative estimate of drug-likeness (QED) is 0.832. The first-order valence-corrected chi connectivity index (χ1v) is 6.49. The number of carbonyl (C=O) groups is 1. The van der Waals surface area contributed by atoms with Crippen LogP contribution in [0.15, 0.2) is 60.7 Å². The van der Waals surface area contributed by atoms with E-state index in [2.05, 4.69) is 0 Å². The Hall–Kier alpha value is -1.93. The first kappa shape index (κ1) is 13.5. The molecular formula is C17H18O2. The van der Waals surface area contributed by atoms with Gasteiger partial charge in [0, 0.05) is 11.5 Å². The van der Waals surface area contributed by atoms with Gasteiger partial charge in [0.2, 0.25) is 0 Å². The van der Waals surface area contributed by atoms with Gasteiger partial charge in [-0.3, -0.25) is 4.79 Å². The van der Waals surface area contributed by atoms with Gasteiger partial charge in [-0.15, -0.1) is 0 Å². The molecule has 0 amide bonds. The number of hydrogen-bond acceptors (Lipinski definition) is 2. The van der Waals surface area contributed by atoms with Crippen molar-refractivity contribution in [1.82, 2.24) is 0 Å². The standard InChI is InChI=1S/C17H18O2/c1-13(17(19)15-10-6-3-7-11-15)16(18)12-14-8-4-2-5-9-14/h2-11,13,16,18H,12H2,1H3/t13-,16+/m1/s1. The Labute approximate surface area is 113 Å². The van der Waals surface area contributed by atoms with E-state index in [0.29, 0.717) is 12.0 Å². The van der Waals surface area contributed by atoms with Crippen molar-refractivity contribution in [2.45, 2.75) is 19.4 Å². The second-order valence-electron chi connectivity index (χ2n) is 4.78. The molecule has 1 N–H and O–H groups in total. The predicted molar refractivity (Wildman–Crippen MR) is 76.1 cm³/mol. The van der Waals surface area contributed by atoms with Gasteiger partial charge in [0.25, 0.3) is 0 Å². The lowest BCUT2D eigenvalue weighted by atomic mass is 9.91. The van der Waals surface area contributed by atoms with E-state index >= 15 is 0 Å². The minimum atomic E-state index is -0.657. The SMILES string of the molecule is C[C@@H](C(=O)c1ccccc1)[C@@H](O)Cc1ccccc1. The molecule has 0 spiro atoms. The van der Waals surface area contributed by atoms with Crippen LogP contribution in [0.5, 0.6) is 0 Å². The largest absolute Gasteiger partial charge is 0.392 e. The molecule has 2 aromatic carbocycles. The Morgan fingerprint density at radius 3 is 2.11 bits per heavy atom. The summed E-state index contributed by atoms with van der Waals surface area (Å²) in [7, 11) is 0. The zero-order valence-electron chi connectivity index (χ0n) is 11.0. The fourth-order valence-corrected chi connectivity index (χ4v) is 2.07. The summed E-state index contributed by atoms with van der Waals surface area (Å²) in [5, 5.41) is 10.2. The molecule has 0 saturated heterocycles. The second kappa shape index (κ2) is 6.30. The van der Waals surface area contributed by atoms with Crippen LogP contribution in [-0.2, 0) is 6.42 Å². The van der Waals surface area contributed by atoms with E-state index in [4.69, 9.17) is 0 Å². The maximum atomic E-state index is 12.2. The lowest BCUT2D eigenvalue weighted by molar-refractivity contribution is 0.0716. The first-order valence-electron chi connectivity index (χ1n) is 6.49. The lowest BCUT2D eigenvalue weighted by Gasteiger charge is -2.18. The zero-order valence-corrected chi connectivity index (χ0v) is 11.0. The molecule has 0 fully saturated rings. The molecule has 0 aromatic heterocycles. The van der Waals surface area contributed by atoms with Gasteiger partial charge in [-0.1, -0.05) is 67.6 Å². The molecule has 0 aliphatic heterocycles. The lowest BCUT2D eigenvalue weighted by Crippen LogP contribution is -2.27. The minimum Gasteiger partial charge on any atom is -0.392 e. The molecule has 98 valence electrons. The van der Waals surface area contributed by atoms with E-state index in [1.54, 1.807) is 19.1 Å². The summed E-state index contributed by atoms with van der Waals surface area (Å²) in [5.74, 6) is -0.411. The topological polar surface area (TPSA) is 37.3 Å². The van der Waals surface area contributed by atoms with Crippen LogP contribution in [0.1, 0.15) is 22.8 Å². The molecule has 0 unspecified atom stereocenters. The Balaban J connectivity index is 2.03. The highest BCUT2D eigenvalue weighted by molar-refractivity contribution is 5.97. The molecule has 0 aliphatic carbocycles. The van der Waals surface area contributed by atoms with Gasteiger partial charge in [0.15, 0.2) is 5.78 Å². The number of ketones is 1. The first-order chi connectivity index (χ1) is 9.18. The smallest absolute Gasteiger partial charge is 0.168 e. The summed E-state index contributed by atoms with van der Waals surface area (Å²) in [6.45, 7) is 1.78. The predicted octanol–water partition coefficient (Wildman–Crippen LogP) is 3.11. The Bertz CT molecular complexity index is 519. The highest BCUT2D eigenvalue weighted by atomic mass is 16.3. The third-order valence-electron chi connectivity index (χ3n) is 3.34. The van der Waals surface area contributed by atoms with Gasteiger partial charge >= 0.3 is 0 Å². The van der Waals surface area contributed by atoms with E-state index in [1.165, 1.54) is 0 Å². The zero-order chi connectivity index (χ0) is 13.7. The second-order valence-corrected chi connectivity index (χ2v) is 4.78. The van der Waals surface area contributed by atoms with Crippen LogP contribution >= 0.6 is 0 Å². The average molecular weight is 254 g/mol. The van der Waals surface area contributed by atoms with Crippen molar-refractivity contribution in [1.29, 1.82) is 0 Å². The van der Waals surface area contributed by atoms with E-state index in [-0.39, 0.29) is 5.78 Å². The summed E-state index contributed by atoms with van der Waals surface area (Å²) >= 11 is 0. The highest BCUT2D eigenvalue weighted by Gasteiger charge is 2.23. The normalized spacial score (nSPS) is 13.8. The molecule has 2 aromatic rings. The number of rotatable bonds is 5. The number of hydrogen-bond donors (Lipinski definition) is 1. The molecule has 2 nitrogen and oxygen atoms in total. The van der Waals surface area contributed by atoms with Crippen molar-refractivity contribution < 1.29 is 9.90 Å². The molecule has 0 bridgehead atoms. The average Bonchev–Trinajstić information content (AvgIpc) is 2.47. The van der Waals surface area contributed by atoms with Crippen LogP contribution in [0.3, 0.4) is 0 Å². The van der Waals surface area contributed by atoms with E-state index in [0.717, 1.165) is 5.56 Å². The third kappa shape index (κ3) is 3.52. The maximum Gasteiger partial charge on any atom is 0.168 e. The van der Waals surface area contributed by atoms with Crippen molar-refractivity contribution in [2.24, 2.45) is 5.92 Å². The van der Waals surface area contributed by atoms with Crippen molar-refractivity contribution in [3.8, 4) is 0 Å². The summed E-state index contributed by atoms with van der Waals surface area (Å²) in [4.78, 5) is 12.2. The van der Waals surface area contributed by atoms with Crippen LogP contribution < -0.4 is 0 Å². The molecule has 0 radical (unpaired) electrons. The molecule has 2 rings (SSSR count). The molecular weight excluding hydrogens is 236 g/mol. The van der Waals surface area contributed by atoms with E-state index in [1.807, 2.05) is 48.5 Å². The molecule has 0 aliphatic rings. The highest BCUT2D eigenvalue weighted by Crippen LogP contribution is 2.16. The monoisotopic (exact) mass is 254 g/mol. The molecule has 0 saturated carbocycles. The number of Topliss-reactive ketones (excluding diaryl/α,β-unsaturated/α-hetero) is 1. The van der Waals surface area contributed by atoms with Gasteiger partial charge in [0.05, 0.1) is 6.10 Å². The van der Waals surface area contributed by atoms with Gasteiger partial charge in [0.1, 0.15) is 0 Å². The van der Waals surface area contributed by atoms with Gasteiger partial charge in [-0.2, -0.15) is 0 Å². The van der Waals surface area contributed by atoms with Gasteiger partial charge in [-0.25, -0.2) is 0 Å². The maximum absolute atomic E-state index is 12.2. The molecule has 19 heavy (non-hydrogen) atoms. The number of benzene rings is 2. The number of aliphatic hydroxyl groups is 1. The fraction of sp³-hybridized carbons (Fsp3) is 0.235. The summed E-state index contributed by atoms with van der Waals surface area (Å²) < 4.78 is 0. The van der Waals surface area contributed by atoms with Crippen LogP contribution in [0.4, 0.5) is 0 Å². The third-order valence-corrected chi connectivity index (χ3v) is 3.34. The number of carbonyl (C=O) groups excluding carboxylic acids is 1. The Morgan fingerprint density at radius 2 is 1.53 bits per heavy atom. The summed E-state index contributed by atoms with van der Waals surface area (Å²) in [6, 6.07) is 18.9. The minimum absolute atomic E-state index is 0.0102. The van der Waals surface area contributed by atoms with Gasteiger partial charge < -0.3 is 5.11 Å². The van der Waals surface area contributed by atoms with E-state index in [9.17, 15) is 9.90 Å². The molecule has 2 heteroatoms.